The minimum Gasteiger partial charge on any atom is -0.454 e. The van der Waals surface area contributed by atoms with Crippen molar-refractivity contribution in [2.24, 2.45) is 0 Å². The van der Waals surface area contributed by atoms with E-state index in [0.29, 0.717) is 23.7 Å². The van der Waals surface area contributed by atoms with Crippen LogP contribution in [0.5, 0.6) is 11.5 Å². The normalized spacial score (nSPS) is 19.6. The molecule has 1 atom stereocenters. The van der Waals surface area contributed by atoms with Gasteiger partial charge in [0.1, 0.15) is 6.10 Å². The van der Waals surface area contributed by atoms with Crippen LogP contribution in [0.1, 0.15) is 6.92 Å². The summed E-state index contributed by atoms with van der Waals surface area (Å²) in [7, 11) is 0. The fourth-order valence-electron chi connectivity index (χ4n) is 2.32. The number of rotatable bonds is 4. The molecule has 1 aromatic rings. The molecule has 0 radical (unpaired) electrons. The average molecular weight is 304 g/mol. The predicted octanol–water partition coefficient (Wildman–Crippen LogP) is 1.43. The minimum absolute atomic E-state index is 0.183. The summed E-state index contributed by atoms with van der Waals surface area (Å²) in [6, 6.07) is 5.27. The first kappa shape index (κ1) is 14.2. The Bertz CT molecular complexity index is 628. The standard InChI is InChI=1S/C15H16N2O5/c1-2-3-14(18)16-7-11-8-17(15(19)22-11)10-4-5-12-13(6-10)21-9-20-12/h2-6,11H,7-9H2,1H3,(H,16,18)/b3-2+. The van der Waals surface area contributed by atoms with Gasteiger partial charge < -0.3 is 19.5 Å². The van der Waals surface area contributed by atoms with Crippen LogP contribution in [0.2, 0.25) is 0 Å². The number of nitrogens with one attached hydrogen (secondary N) is 1. The van der Waals surface area contributed by atoms with E-state index >= 15 is 0 Å². The van der Waals surface area contributed by atoms with Crippen molar-refractivity contribution >= 4 is 17.7 Å². The third-order valence-electron chi connectivity index (χ3n) is 3.36. The number of hydrogen-bond donors (Lipinski definition) is 1. The van der Waals surface area contributed by atoms with Crippen LogP contribution in [-0.4, -0.2) is 38.0 Å². The molecule has 1 aromatic carbocycles. The number of ether oxygens (including phenoxy) is 3. The minimum atomic E-state index is -0.441. The second kappa shape index (κ2) is 5.97. The summed E-state index contributed by atoms with van der Waals surface area (Å²) in [4.78, 5) is 24.8. The van der Waals surface area contributed by atoms with Crippen LogP contribution >= 0.6 is 0 Å². The van der Waals surface area contributed by atoms with Gasteiger partial charge in [0.25, 0.3) is 0 Å². The highest BCUT2D eigenvalue weighted by Crippen LogP contribution is 2.36. The molecule has 7 heteroatoms. The first-order valence-corrected chi connectivity index (χ1v) is 6.95. The number of allylic oxidation sites excluding steroid dienone is 1. The summed E-state index contributed by atoms with van der Waals surface area (Å²) in [5, 5.41) is 2.69. The van der Waals surface area contributed by atoms with Crippen molar-refractivity contribution < 1.29 is 23.8 Å². The third kappa shape index (κ3) is 2.83. The van der Waals surface area contributed by atoms with E-state index in [0.717, 1.165) is 0 Å². The summed E-state index contributed by atoms with van der Waals surface area (Å²) in [6.07, 6.45) is 2.25. The topological polar surface area (TPSA) is 77.1 Å². The molecule has 1 fully saturated rings. The molecule has 0 saturated carbocycles. The van der Waals surface area contributed by atoms with Gasteiger partial charge in [-0.15, -0.1) is 0 Å². The van der Waals surface area contributed by atoms with Crippen LogP contribution in [0, 0.1) is 0 Å². The summed E-state index contributed by atoms with van der Waals surface area (Å²) < 4.78 is 15.8. The van der Waals surface area contributed by atoms with Gasteiger partial charge in [0.15, 0.2) is 11.5 Å². The lowest BCUT2D eigenvalue weighted by atomic mass is 10.2. The van der Waals surface area contributed by atoms with E-state index in [9.17, 15) is 9.59 Å². The SMILES string of the molecule is C/C=C/C(=O)NCC1CN(c2ccc3c(c2)OCO3)C(=O)O1. The monoisotopic (exact) mass is 304 g/mol. The summed E-state index contributed by atoms with van der Waals surface area (Å²) in [5.74, 6) is 1.06. The molecule has 2 heterocycles. The van der Waals surface area contributed by atoms with Crippen molar-refractivity contribution in [2.45, 2.75) is 13.0 Å². The van der Waals surface area contributed by atoms with Crippen LogP contribution < -0.4 is 19.7 Å². The number of anilines is 1. The molecule has 1 unspecified atom stereocenters. The van der Waals surface area contributed by atoms with E-state index in [4.69, 9.17) is 14.2 Å². The van der Waals surface area contributed by atoms with Gasteiger partial charge in [-0.05, 0) is 25.1 Å². The smallest absolute Gasteiger partial charge is 0.414 e. The molecule has 1 saturated heterocycles. The Hall–Kier alpha value is -2.70. The molecule has 0 aromatic heterocycles. The van der Waals surface area contributed by atoms with Crippen LogP contribution in [-0.2, 0) is 9.53 Å². The van der Waals surface area contributed by atoms with Crippen molar-refractivity contribution in [3.05, 3.63) is 30.4 Å². The lowest BCUT2D eigenvalue weighted by molar-refractivity contribution is -0.116. The Balaban J connectivity index is 1.63. The first-order valence-electron chi connectivity index (χ1n) is 6.95. The maximum absolute atomic E-state index is 12.0. The highest BCUT2D eigenvalue weighted by atomic mass is 16.7. The van der Waals surface area contributed by atoms with E-state index in [1.807, 2.05) is 0 Å². The lowest BCUT2D eigenvalue weighted by Crippen LogP contribution is -2.33. The maximum atomic E-state index is 12.0. The van der Waals surface area contributed by atoms with Gasteiger partial charge in [0.05, 0.1) is 18.8 Å². The molecule has 1 N–H and O–H groups in total. The van der Waals surface area contributed by atoms with Gasteiger partial charge in [-0.1, -0.05) is 6.08 Å². The van der Waals surface area contributed by atoms with E-state index in [1.54, 1.807) is 31.2 Å². The lowest BCUT2D eigenvalue weighted by Gasteiger charge is -2.13. The Labute approximate surface area is 127 Å². The molecule has 0 bridgehead atoms. The summed E-state index contributed by atoms with van der Waals surface area (Å²) in [6.45, 7) is 2.59. The molecule has 2 aliphatic rings. The molecule has 3 rings (SSSR count). The Morgan fingerprint density at radius 2 is 2.23 bits per heavy atom. The van der Waals surface area contributed by atoms with E-state index < -0.39 is 6.09 Å². The molecule has 116 valence electrons. The molecule has 2 aliphatic heterocycles. The number of amides is 2. The van der Waals surface area contributed by atoms with Crippen molar-refractivity contribution in [1.29, 1.82) is 0 Å². The molecule has 2 amide bonds. The number of carbonyl (C=O) groups excluding carboxylic acids is 2. The van der Waals surface area contributed by atoms with Gasteiger partial charge in [-0.2, -0.15) is 0 Å². The van der Waals surface area contributed by atoms with Crippen LogP contribution in [0.4, 0.5) is 10.5 Å². The number of cyclic esters (lactones) is 1. The quantitative estimate of drug-likeness (QED) is 0.852. The predicted molar refractivity (Wildman–Crippen MR) is 78.0 cm³/mol. The number of benzene rings is 1. The highest BCUT2D eigenvalue weighted by Gasteiger charge is 2.33. The number of carbonyl (C=O) groups is 2. The van der Waals surface area contributed by atoms with Crippen LogP contribution in [0.3, 0.4) is 0 Å². The molecule has 0 spiro atoms. The Morgan fingerprint density at radius 1 is 1.41 bits per heavy atom. The van der Waals surface area contributed by atoms with Crippen LogP contribution in [0.15, 0.2) is 30.4 Å². The van der Waals surface area contributed by atoms with Crippen molar-refractivity contribution in [3.63, 3.8) is 0 Å². The van der Waals surface area contributed by atoms with E-state index in [2.05, 4.69) is 5.32 Å². The number of fused-ring (bicyclic) bond motifs is 1. The molecular weight excluding hydrogens is 288 g/mol. The second-order valence-corrected chi connectivity index (χ2v) is 4.90. The number of nitrogens with zero attached hydrogens (tertiary/aromatic N) is 1. The van der Waals surface area contributed by atoms with Crippen LogP contribution in [0.25, 0.3) is 0 Å². The van der Waals surface area contributed by atoms with Gasteiger partial charge in [0, 0.05) is 6.07 Å². The zero-order chi connectivity index (χ0) is 15.5. The molecule has 22 heavy (non-hydrogen) atoms. The Morgan fingerprint density at radius 3 is 3.05 bits per heavy atom. The zero-order valence-electron chi connectivity index (χ0n) is 12.1. The summed E-state index contributed by atoms with van der Waals surface area (Å²) >= 11 is 0. The fourth-order valence-corrected chi connectivity index (χ4v) is 2.32. The largest absolute Gasteiger partial charge is 0.454 e. The fraction of sp³-hybridized carbons (Fsp3) is 0.333. The summed E-state index contributed by atoms with van der Waals surface area (Å²) in [5.41, 5.74) is 0.677. The van der Waals surface area contributed by atoms with Gasteiger partial charge >= 0.3 is 6.09 Å². The molecule has 7 nitrogen and oxygen atoms in total. The van der Waals surface area contributed by atoms with Gasteiger partial charge in [-0.3, -0.25) is 9.69 Å². The average Bonchev–Trinajstić information content (AvgIpc) is 3.11. The molecule has 0 aliphatic carbocycles. The maximum Gasteiger partial charge on any atom is 0.414 e. The van der Waals surface area contributed by atoms with Crippen molar-refractivity contribution in [2.75, 3.05) is 24.8 Å². The van der Waals surface area contributed by atoms with Gasteiger partial charge in [-0.25, -0.2) is 4.79 Å². The van der Waals surface area contributed by atoms with E-state index in [1.165, 1.54) is 11.0 Å². The van der Waals surface area contributed by atoms with Crippen molar-refractivity contribution in [3.8, 4) is 11.5 Å². The third-order valence-corrected chi connectivity index (χ3v) is 3.36. The molecular formula is C15H16N2O5. The zero-order valence-corrected chi connectivity index (χ0v) is 12.1. The van der Waals surface area contributed by atoms with Crippen molar-refractivity contribution in [1.82, 2.24) is 5.32 Å². The Kier molecular flexibility index (Phi) is 3.86. The highest BCUT2D eigenvalue weighted by molar-refractivity contribution is 5.90. The number of hydrogen-bond acceptors (Lipinski definition) is 5. The van der Waals surface area contributed by atoms with E-state index in [-0.39, 0.29) is 25.3 Å². The first-order chi connectivity index (χ1) is 10.7. The van der Waals surface area contributed by atoms with Gasteiger partial charge in [0.2, 0.25) is 12.7 Å². The second-order valence-electron chi connectivity index (χ2n) is 4.90.